The Morgan fingerprint density at radius 3 is 2.68 bits per heavy atom. The molecule has 132 valence electrons. The van der Waals surface area contributed by atoms with Gasteiger partial charge in [0.2, 0.25) is 5.91 Å². The van der Waals surface area contributed by atoms with Crippen molar-refractivity contribution in [3.05, 3.63) is 41.7 Å². The van der Waals surface area contributed by atoms with Crippen molar-refractivity contribution in [2.75, 3.05) is 10.6 Å². The minimum atomic E-state index is -0.216. The van der Waals surface area contributed by atoms with Crippen LogP contribution < -0.4 is 10.6 Å². The van der Waals surface area contributed by atoms with Gasteiger partial charge in [0, 0.05) is 29.9 Å². The Morgan fingerprint density at radius 2 is 2.00 bits per heavy atom. The van der Waals surface area contributed by atoms with E-state index in [0.29, 0.717) is 16.9 Å². The summed E-state index contributed by atoms with van der Waals surface area (Å²) in [5.41, 5.74) is 2.82. The molecule has 0 saturated heterocycles. The summed E-state index contributed by atoms with van der Waals surface area (Å²) in [4.78, 5) is 24.8. The van der Waals surface area contributed by atoms with Gasteiger partial charge in [0.15, 0.2) is 0 Å². The first-order valence-corrected chi connectivity index (χ1v) is 8.82. The molecule has 2 N–H and O–H groups in total. The molecule has 6 heteroatoms. The van der Waals surface area contributed by atoms with Crippen LogP contribution in [0.1, 0.15) is 48.5 Å². The smallest absolute Gasteiger partial charge is 0.255 e. The second kappa shape index (κ2) is 7.51. The normalized spacial score (nSPS) is 14.5. The molecule has 0 aliphatic heterocycles. The highest BCUT2D eigenvalue weighted by Crippen LogP contribution is 2.27. The lowest BCUT2D eigenvalue weighted by Crippen LogP contribution is -2.21. The van der Waals surface area contributed by atoms with Gasteiger partial charge in [-0.3, -0.25) is 14.3 Å². The van der Waals surface area contributed by atoms with Crippen molar-refractivity contribution in [2.45, 2.75) is 46.1 Å². The number of anilines is 2. The first kappa shape index (κ1) is 17.2. The van der Waals surface area contributed by atoms with Crippen molar-refractivity contribution in [3.8, 4) is 0 Å². The van der Waals surface area contributed by atoms with Crippen molar-refractivity contribution in [1.82, 2.24) is 9.78 Å². The predicted molar refractivity (Wildman–Crippen MR) is 97.6 cm³/mol. The van der Waals surface area contributed by atoms with E-state index in [4.69, 9.17) is 0 Å². The molecule has 1 aliphatic carbocycles. The molecule has 0 unspecified atom stereocenters. The number of nitrogens with zero attached hydrogens (tertiary/aromatic N) is 2. The fourth-order valence-corrected chi connectivity index (χ4v) is 3.13. The van der Waals surface area contributed by atoms with Gasteiger partial charge in [-0.05, 0) is 44.4 Å². The van der Waals surface area contributed by atoms with E-state index in [1.165, 1.54) is 0 Å². The van der Waals surface area contributed by atoms with Gasteiger partial charge < -0.3 is 10.6 Å². The maximum atomic E-state index is 12.5. The molecule has 1 aromatic carbocycles. The number of carbonyl (C=O) groups excluding carboxylic acids is 2. The maximum Gasteiger partial charge on any atom is 0.255 e. The number of aromatic nitrogens is 2. The third kappa shape index (κ3) is 4.07. The van der Waals surface area contributed by atoms with Gasteiger partial charge in [0.25, 0.3) is 5.91 Å². The van der Waals surface area contributed by atoms with Crippen molar-refractivity contribution >= 4 is 23.2 Å². The second-order valence-corrected chi connectivity index (χ2v) is 6.54. The predicted octanol–water partition coefficient (Wildman–Crippen LogP) is 3.59. The van der Waals surface area contributed by atoms with Crippen molar-refractivity contribution < 1.29 is 9.59 Å². The zero-order valence-corrected chi connectivity index (χ0v) is 14.7. The Morgan fingerprint density at radius 1 is 1.24 bits per heavy atom. The Balaban J connectivity index is 1.71. The molecular formula is C19H24N4O2. The van der Waals surface area contributed by atoms with Gasteiger partial charge in [-0.2, -0.15) is 5.10 Å². The topological polar surface area (TPSA) is 76.0 Å². The van der Waals surface area contributed by atoms with Crippen LogP contribution in [-0.4, -0.2) is 21.6 Å². The second-order valence-electron chi connectivity index (χ2n) is 6.54. The van der Waals surface area contributed by atoms with Crippen LogP contribution in [0, 0.1) is 12.8 Å². The Kier molecular flexibility index (Phi) is 5.16. The molecule has 1 saturated carbocycles. The Bertz CT molecular complexity index is 775. The largest absolute Gasteiger partial charge is 0.326 e. The first-order valence-electron chi connectivity index (χ1n) is 8.82. The summed E-state index contributed by atoms with van der Waals surface area (Å²) in [5, 5.41) is 9.96. The molecule has 2 amide bonds. The molecule has 2 aromatic rings. The standard InChI is InChI=1S/C19H24N4O2/c1-3-23-12-16(11-20-23)21-19(25)15-9-8-13(2)17(10-15)22-18(24)14-6-4-5-7-14/h8-12,14H,3-7H2,1-2H3,(H,21,25)(H,22,24). The molecule has 25 heavy (non-hydrogen) atoms. The highest BCUT2D eigenvalue weighted by atomic mass is 16.2. The average Bonchev–Trinajstić information content (AvgIpc) is 3.28. The number of benzene rings is 1. The van der Waals surface area contributed by atoms with E-state index in [2.05, 4.69) is 15.7 Å². The molecule has 0 bridgehead atoms. The number of amides is 2. The van der Waals surface area contributed by atoms with Gasteiger partial charge in [0.05, 0.1) is 11.9 Å². The van der Waals surface area contributed by atoms with E-state index in [1.54, 1.807) is 29.2 Å². The van der Waals surface area contributed by atoms with E-state index in [-0.39, 0.29) is 17.7 Å². The van der Waals surface area contributed by atoms with E-state index >= 15 is 0 Å². The molecule has 6 nitrogen and oxygen atoms in total. The minimum absolute atomic E-state index is 0.0578. The Labute approximate surface area is 147 Å². The number of carbonyl (C=O) groups is 2. The summed E-state index contributed by atoms with van der Waals surface area (Å²) in [6.07, 6.45) is 7.54. The number of rotatable bonds is 5. The van der Waals surface area contributed by atoms with Gasteiger partial charge in [0.1, 0.15) is 0 Å². The minimum Gasteiger partial charge on any atom is -0.326 e. The number of hydrogen-bond acceptors (Lipinski definition) is 3. The summed E-state index contributed by atoms with van der Waals surface area (Å²) >= 11 is 0. The zero-order valence-electron chi connectivity index (χ0n) is 14.7. The molecule has 3 rings (SSSR count). The Hall–Kier alpha value is -2.63. The van der Waals surface area contributed by atoms with E-state index < -0.39 is 0 Å². The van der Waals surface area contributed by atoms with Crippen LogP contribution in [0.3, 0.4) is 0 Å². The molecule has 0 atom stereocenters. The first-order chi connectivity index (χ1) is 12.1. The van der Waals surface area contributed by atoms with E-state index in [0.717, 1.165) is 37.8 Å². The third-order valence-corrected chi connectivity index (χ3v) is 4.70. The number of nitrogens with one attached hydrogen (secondary N) is 2. The van der Waals surface area contributed by atoms with Crippen LogP contribution in [0.15, 0.2) is 30.6 Å². The van der Waals surface area contributed by atoms with Crippen LogP contribution in [0.25, 0.3) is 0 Å². The summed E-state index contributed by atoms with van der Waals surface area (Å²) in [6, 6.07) is 5.36. The summed E-state index contributed by atoms with van der Waals surface area (Å²) in [6.45, 7) is 4.66. The fraction of sp³-hybridized carbons (Fsp3) is 0.421. The summed E-state index contributed by atoms with van der Waals surface area (Å²) < 4.78 is 1.75. The molecule has 0 radical (unpaired) electrons. The molecule has 1 heterocycles. The molecular weight excluding hydrogens is 316 g/mol. The van der Waals surface area contributed by atoms with Gasteiger partial charge >= 0.3 is 0 Å². The summed E-state index contributed by atoms with van der Waals surface area (Å²) in [7, 11) is 0. The monoisotopic (exact) mass is 340 g/mol. The maximum absolute atomic E-state index is 12.5. The number of aryl methyl sites for hydroxylation is 2. The van der Waals surface area contributed by atoms with Gasteiger partial charge in [-0.25, -0.2) is 0 Å². The van der Waals surface area contributed by atoms with Crippen LogP contribution in [0.4, 0.5) is 11.4 Å². The van der Waals surface area contributed by atoms with Gasteiger partial charge in [-0.1, -0.05) is 18.9 Å². The zero-order chi connectivity index (χ0) is 17.8. The number of hydrogen-bond donors (Lipinski definition) is 2. The lowest BCUT2D eigenvalue weighted by Gasteiger charge is -2.13. The average molecular weight is 340 g/mol. The molecule has 1 fully saturated rings. The summed E-state index contributed by atoms with van der Waals surface area (Å²) in [5.74, 6) is -0.0637. The van der Waals surface area contributed by atoms with Crippen LogP contribution in [0.2, 0.25) is 0 Å². The van der Waals surface area contributed by atoms with Crippen LogP contribution in [0.5, 0.6) is 0 Å². The third-order valence-electron chi connectivity index (χ3n) is 4.70. The quantitative estimate of drug-likeness (QED) is 0.873. The van der Waals surface area contributed by atoms with Gasteiger partial charge in [-0.15, -0.1) is 0 Å². The van der Waals surface area contributed by atoms with Crippen LogP contribution in [-0.2, 0) is 11.3 Å². The highest BCUT2D eigenvalue weighted by Gasteiger charge is 2.23. The van der Waals surface area contributed by atoms with E-state index in [9.17, 15) is 9.59 Å². The lowest BCUT2D eigenvalue weighted by atomic mass is 10.1. The van der Waals surface area contributed by atoms with Crippen molar-refractivity contribution in [2.24, 2.45) is 5.92 Å². The van der Waals surface area contributed by atoms with E-state index in [1.807, 2.05) is 19.9 Å². The van der Waals surface area contributed by atoms with Crippen molar-refractivity contribution in [1.29, 1.82) is 0 Å². The van der Waals surface area contributed by atoms with Crippen molar-refractivity contribution in [3.63, 3.8) is 0 Å². The van der Waals surface area contributed by atoms with Crippen LogP contribution >= 0.6 is 0 Å². The molecule has 1 aromatic heterocycles. The SMILES string of the molecule is CCn1cc(NC(=O)c2ccc(C)c(NC(=O)C3CCCC3)c2)cn1. The fourth-order valence-electron chi connectivity index (χ4n) is 3.13. The molecule has 1 aliphatic rings. The molecule has 0 spiro atoms. The highest BCUT2D eigenvalue weighted by molar-refractivity contribution is 6.05. The lowest BCUT2D eigenvalue weighted by molar-refractivity contribution is -0.119.